The Morgan fingerprint density at radius 2 is 1.65 bits per heavy atom. The van der Waals surface area contributed by atoms with Gasteiger partial charge in [0.05, 0.1) is 41.7 Å². The molecule has 0 aliphatic carbocycles. The molecule has 2 aromatic carbocycles. The summed E-state index contributed by atoms with van der Waals surface area (Å²) >= 11 is 0. The Labute approximate surface area is 379 Å². The van der Waals surface area contributed by atoms with Crippen molar-refractivity contribution in [3.05, 3.63) is 58.0 Å². The van der Waals surface area contributed by atoms with E-state index in [9.17, 15) is 34.5 Å². The highest BCUT2D eigenvalue weighted by Crippen LogP contribution is 2.51. The number of benzene rings is 2. The number of amides is 1. The van der Waals surface area contributed by atoms with E-state index in [0.717, 1.165) is 6.54 Å². The van der Waals surface area contributed by atoms with Crippen molar-refractivity contribution in [3.8, 4) is 17.2 Å². The molecule has 6 N–H and O–H groups in total. The number of piperidine rings is 1. The van der Waals surface area contributed by atoms with Gasteiger partial charge in [-0.25, -0.2) is 4.99 Å². The highest BCUT2D eigenvalue weighted by atomic mass is 16.7. The Kier molecular flexibility index (Phi) is 14.5. The van der Waals surface area contributed by atoms with E-state index in [1.54, 1.807) is 53.7 Å². The second-order valence-corrected chi connectivity index (χ2v) is 18.6. The van der Waals surface area contributed by atoms with E-state index < -0.39 is 95.5 Å². The molecule has 4 aliphatic heterocycles. The molecule has 2 aromatic rings. The Bertz CT molecular complexity index is 2440. The molecule has 1 fully saturated rings. The Morgan fingerprint density at radius 3 is 2.26 bits per heavy atom. The molecule has 0 radical (unpaired) electrons. The van der Waals surface area contributed by atoms with Crippen LogP contribution < -0.4 is 26.5 Å². The first kappa shape index (κ1) is 49.1. The van der Waals surface area contributed by atoms with Crippen molar-refractivity contribution in [3.63, 3.8) is 0 Å². The van der Waals surface area contributed by atoms with Crippen LogP contribution in [0.4, 0.5) is 5.69 Å². The standard InChI is InChI=1S/C48H65N5O12/c1-23(2)22-53-18-16-48(17-19-53)51-36-33-34-40(57)29(8)44-35(33)45(59)47(10,65-44)62-20-15-31(61-11)26(5)43(63-30(9)54)28(7)39(56)27(6)42(64-32(55)21-49)24(3)13-12-14-25(4)46(60)50-38(41(34)58)37(36)52-48/h12-15,20,23-24,26-28,31,39,42-43,51,56-58H,16-19,21-22,49H2,1-11H3/b13-12+,20-15+,25-14-,50-38?/t24-,26+,27-,28+,31-,39+,42-,43+,47-/m0/s1. The summed E-state index contributed by atoms with van der Waals surface area (Å²) < 4.78 is 29.9. The number of Topliss-reactive ketones (excluding diaryl/α,β-unsaturated/α-hetero) is 1. The van der Waals surface area contributed by atoms with Gasteiger partial charge in [0.2, 0.25) is 0 Å². The van der Waals surface area contributed by atoms with Crippen LogP contribution in [0.1, 0.15) is 91.1 Å². The zero-order valence-electron chi connectivity index (χ0n) is 39.3. The van der Waals surface area contributed by atoms with Crippen LogP contribution in [-0.2, 0) is 33.3 Å². The molecule has 4 bridgehead atoms. The number of phenolic OH excluding ortho intramolecular Hbond substituents is 2. The number of rotatable bonds is 6. The smallest absolute Gasteiger partial charge is 0.320 e. The molecular formula is C48H65N5O12. The number of esters is 2. The fraction of sp³-hybridized carbons (Fsp3) is 0.583. The number of methoxy groups -OCH3 is 1. The number of aliphatic hydroxyl groups excluding tert-OH is 1. The summed E-state index contributed by atoms with van der Waals surface area (Å²) in [6.45, 7) is 19.0. The third-order valence-corrected chi connectivity index (χ3v) is 13.3. The van der Waals surface area contributed by atoms with Gasteiger partial charge in [-0.1, -0.05) is 59.8 Å². The van der Waals surface area contributed by atoms with Crippen molar-refractivity contribution >= 4 is 40.1 Å². The van der Waals surface area contributed by atoms with Gasteiger partial charge in [-0.3, -0.25) is 24.2 Å². The Balaban J connectivity index is 1.56. The predicted octanol–water partition coefficient (Wildman–Crippen LogP) is 4.26. The third-order valence-electron chi connectivity index (χ3n) is 13.3. The number of hydrogen-bond acceptors (Lipinski definition) is 16. The number of anilines is 1. The molecule has 0 aromatic heterocycles. The maximum Gasteiger partial charge on any atom is 0.320 e. The highest BCUT2D eigenvalue weighted by molar-refractivity contribution is 6.21. The summed E-state index contributed by atoms with van der Waals surface area (Å²) in [6, 6.07) is 0. The largest absolute Gasteiger partial charge is 0.507 e. The summed E-state index contributed by atoms with van der Waals surface area (Å²) in [4.78, 5) is 65.9. The maximum atomic E-state index is 14.8. The maximum absolute atomic E-state index is 14.8. The molecule has 17 nitrogen and oxygen atoms in total. The Hall–Kier alpha value is -5.36. The first-order valence-corrected chi connectivity index (χ1v) is 22.4. The lowest BCUT2D eigenvalue weighted by molar-refractivity contribution is -0.164. The van der Waals surface area contributed by atoms with Crippen LogP contribution in [0.15, 0.2) is 46.1 Å². The van der Waals surface area contributed by atoms with E-state index in [1.165, 1.54) is 39.4 Å². The molecule has 0 saturated carbocycles. The molecule has 6 rings (SSSR count). The van der Waals surface area contributed by atoms with Crippen LogP contribution in [0.5, 0.6) is 17.2 Å². The quantitative estimate of drug-likeness (QED) is 0.201. The number of nitrogens with zero attached hydrogens (tertiary/aromatic N) is 3. The number of aromatic hydroxyl groups is 2. The van der Waals surface area contributed by atoms with Gasteiger partial charge in [0.25, 0.3) is 11.7 Å². The lowest BCUT2D eigenvalue weighted by Gasteiger charge is -2.38. The van der Waals surface area contributed by atoms with Crippen LogP contribution in [0.25, 0.3) is 10.8 Å². The second kappa shape index (κ2) is 19.2. The van der Waals surface area contributed by atoms with Crippen molar-refractivity contribution in [2.75, 3.05) is 38.6 Å². The summed E-state index contributed by atoms with van der Waals surface area (Å²) in [5.74, 6) is -7.67. The van der Waals surface area contributed by atoms with Crippen molar-refractivity contribution in [2.45, 2.75) is 118 Å². The van der Waals surface area contributed by atoms with Crippen molar-refractivity contribution in [2.24, 2.45) is 45.3 Å². The number of allylic oxidation sites excluding steroid dienone is 2. The zero-order valence-corrected chi connectivity index (χ0v) is 39.3. The fourth-order valence-corrected chi connectivity index (χ4v) is 9.64. The molecule has 4 heterocycles. The Morgan fingerprint density at radius 1 is 0.985 bits per heavy atom. The van der Waals surface area contributed by atoms with Crippen molar-refractivity contribution < 1.29 is 58.2 Å². The van der Waals surface area contributed by atoms with Crippen LogP contribution in [0.3, 0.4) is 0 Å². The van der Waals surface area contributed by atoms with Gasteiger partial charge >= 0.3 is 17.7 Å². The van der Waals surface area contributed by atoms with Crippen LogP contribution in [0, 0.1) is 36.5 Å². The number of nitrogens with two attached hydrogens (primary N) is 1. The van der Waals surface area contributed by atoms with Gasteiger partial charge in [0.1, 0.15) is 40.1 Å². The third kappa shape index (κ3) is 9.51. The molecule has 4 aliphatic rings. The number of phenols is 2. The monoisotopic (exact) mass is 903 g/mol. The lowest BCUT2D eigenvalue weighted by atomic mass is 9.78. The van der Waals surface area contributed by atoms with Gasteiger partial charge < -0.3 is 55.0 Å². The fourth-order valence-electron chi connectivity index (χ4n) is 9.64. The molecule has 1 saturated heterocycles. The van der Waals surface area contributed by atoms with Crippen molar-refractivity contribution in [1.82, 2.24) is 4.90 Å². The van der Waals surface area contributed by atoms with E-state index in [0.29, 0.717) is 37.5 Å². The first-order valence-electron chi connectivity index (χ1n) is 22.4. The molecule has 1 spiro atoms. The minimum atomic E-state index is -1.98. The summed E-state index contributed by atoms with van der Waals surface area (Å²) in [5, 5.41) is 39.5. The SMILES string of the molecule is CO[C@H]1/C=C/O[C@@]2(C)Oc3c(C)c(O)c4c(O)c(c5c(c4c3C2=O)NC2(CCN(CC(C)C)CC2)N=5)=NC(=O)/C(C)=C\C=C\[C@H](C)[C@H](OC(=O)CN)[C@@H](C)[C@@H](O)[C@@H](C)[C@H](OC(C)=O)[C@@H]1C. The minimum Gasteiger partial charge on any atom is -0.507 e. The number of hydrogen-bond donors (Lipinski definition) is 5. The molecule has 65 heavy (non-hydrogen) atoms. The van der Waals surface area contributed by atoms with Gasteiger partial charge in [-0.15, -0.1) is 0 Å². The number of nitrogens with one attached hydrogen (secondary N) is 1. The van der Waals surface area contributed by atoms with Crippen LogP contribution in [-0.4, -0.2) is 113 Å². The summed E-state index contributed by atoms with van der Waals surface area (Å²) in [5.41, 5.74) is 5.42. The predicted molar refractivity (Wildman–Crippen MR) is 241 cm³/mol. The second-order valence-electron chi connectivity index (χ2n) is 18.6. The van der Waals surface area contributed by atoms with E-state index >= 15 is 0 Å². The van der Waals surface area contributed by atoms with E-state index in [-0.39, 0.29) is 49.7 Å². The van der Waals surface area contributed by atoms with E-state index in [2.05, 4.69) is 29.1 Å². The molecule has 9 atom stereocenters. The van der Waals surface area contributed by atoms with Gasteiger partial charge in [0.15, 0.2) is 5.75 Å². The minimum absolute atomic E-state index is 0.0383. The normalized spacial score (nSPS) is 31.3. The van der Waals surface area contributed by atoms with Gasteiger partial charge in [-0.2, -0.15) is 0 Å². The van der Waals surface area contributed by atoms with Gasteiger partial charge in [0, 0.05) is 93.6 Å². The lowest BCUT2D eigenvalue weighted by Crippen LogP contribution is -2.47. The van der Waals surface area contributed by atoms with Crippen LogP contribution in [0.2, 0.25) is 0 Å². The first-order chi connectivity index (χ1) is 30.6. The summed E-state index contributed by atoms with van der Waals surface area (Å²) in [6.07, 6.45) is 4.91. The van der Waals surface area contributed by atoms with Gasteiger partial charge in [-0.05, 0) is 25.8 Å². The van der Waals surface area contributed by atoms with E-state index in [4.69, 9.17) is 34.4 Å². The molecule has 354 valence electrons. The molecule has 1 amide bonds. The number of ketones is 1. The molecular weight excluding hydrogens is 839 g/mol. The topological polar surface area (TPSA) is 241 Å². The van der Waals surface area contributed by atoms with Crippen LogP contribution >= 0.6 is 0 Å². The summed E-state index contributed by atoms with van der Waals surface area (Å²) in [7, 11) is 1.45. The molecule has 17 heteroatoms. The number of carbonyl (C=O) groups is 4. The number of ether oxygens (including phenoxy) is 5. The number of likely N-dealkylation sites (tertiary alicyclic amines) is 1. The number of aliphatic hydroxyl groups is 1. The zero-order chi connectivity index (χ0) is 47.9. The average Bonchev–Trinajstić information content (AvgIpc) is 3.76. The van der Waals surface area contributed by atoms with E-state index in [1.807, 2.05) is 0 Å². The molecule has 0 unspecified atom stereocenters. The highest BCUT2D eigenvalue weighted by Gasteiger charge is 2.51. The average molecular weight is 904 g/mol. The number of fused-ring (bicyclic) bond motifs is 1. The van der Waals surface area contributed by atoms with Crippen molar-refractivity contribution in [1.29, 1.82) is 0 Å². The number of carbonyl (C=O) groups excluding carboxylic acids is 4.